The van der Waals surface area contributed by atoms with Crippen LogP contribution in [0, 0.1) is 6.92 Å². The van der Waals surface area contributed by atoms with Crippen molar-refractivity contribution in [1.82, 2.24) is 0 Å². The van der Waals surface area contributed by atoms with Gasteiger partial charge in [-0.3, -0.25) is 0 Å². The van der Waals surface area contributed by atoms with Crippen molar-refractivity contribution in [3.8, 4) is 11.5 Å². The second-order valence-corrected chi connectivity index (χ2v) is 3.98. The largest absolute Gasteiger partial charge is 0.490 e. The lowest BCUT2D eigenvalue weighted by molar-refractivity contribution is 0.278. The molecule has 0 saturated heterocycles. The molecule has 1 rings (SSSR count). The maximum Gasteiger partial charge on any atom is 0.164 e. The quantitative estimate of drug-likeness (QED) is 0.521. The van der Waals surface area contributed by atoms with E-state index in [9.17, 15) is 0 Å². The number of aryl methyl sites for hydroxylation is 1. The van der Waals surface area contributed by atoms with Gasteiger partial charge in [0.05, 0.1) is 6.61 Å². The second-order valence-electron chi connectivity index (χ2n) is 3.98. The molecule has 0 saturated carbocycles. The smallest absolute Gasteiger partial charge is 0.164 e. The van der Waals surface area contributed by atoms with Gasteiger partial charge < -0.3 is 9.47 Å². The van der Waals surface area contributed by atoms with Crippen LogP contribution in [0.5, 0.6) is 11.5 Å². The van der Waals surface area contributed by atoms with E-state index in [1.165, 1.54) is 0 Å². The molecule has 0 bridgehead atoms. The molecule has 1 aromatic carbocycles. The minimum absolute atomic E-state index is 0.589. The lowest BCUT2D eigenvalue weighted by Crippen LogP contribution is -2.02. The van der Waals surface area contributed by atoms with Crippen molar-refractivity contribution < 1.29 is 9.47 Å². The lowest BCUT2D eigenvalue weighted by atomic mass is 10.2. The van der Waals surface area contributed by atoms with Gasteiger partial charge in [-0.25, -0.2) is 0 Å². The first-order chi connectivity index (χ1) is 8.29. The molecule has 0 aliphatic carbocycles. The Morgan fingerprint density at radius 2 is 2.06 bits per heavy atom. The SMILES string of the molecule is CC=CCOc1c(C)cccc1OCCCC. The summed E-state index contributed by atoms with van der Waals surface area (Å²) in [5, 5.41) is 0. The van der Waals surface area contributed by atoms with Gasteiger partial charge in [-0.1, -0.05) is 37.6 Å². The Labute approximate surface area is 104 Å². The molecule has 17 heavy (non-hydrogen) atoms. The number of rotatable bonds is 7. The van der Waals surface area contributed by atoms with Crippen LogP contribution in [-0.2, 0) is 0 Å². The molecule has 0 aliphatic rings. The summed E-state index contributed by atoms with van der Waals surface area (Å²) >= 11 is 0. The first kappa shape index (κ1) is 13.6. The summed E-state index contributed by atoms with van der Waals surface area (Å²) < 4.78 is 11.5. The molecule has 0 aliphatic heterocycles. The van der Waals surface area contributed by atoms with Gasteiger partial charge in [0.15, 0.2) is 11.5 Å². The first-order valence-corrected chi connectivity index (χ1v) is 6.26. The Kier molecular flexibility index (Phi) is 6.23. The van der Waals surface area contributed by atoms with E-state index >= 15 is 0 Å². The minimum Gasteiger partial charge on any atom is -0.490 e. The standard InChI is InChI=1S/C15H22O2/c1-4-6-11-16-14-10-8-9-13(3)15(14)17-12-7-5-2/h5,7-10H,4,6,11-12H2,1-3H3. The van der Waals surface area contributed by atoms with Crippen molar-refractivity contribution in [3.05, 3.63) is 35.9 Å². The van der Waals surface area contributed by atoms with Crippen LogP contribution in [0.1, 0.15) is 32.3 Å². The topological polar surface area (TPSA) is 18.5 Å². The van der Waals surface area contributed by atoms with E-state index in [-0.39, 0.29) is 0 Å². The summed E-state index contributed by atoms with van der Waals surface area (Å²) in [5.41, 5.74) is 1.11. The van der Waals surface area contributed by atoms with Crippen molar-refractivity contribution in [2.45, 2.75) is 33.6 Å². The van der Waals surface area contributed by atoms with Crippen LogP contribution in [0.4, 0.5) is 0 Å². The van der Waals surface area contributed by atoms with Crippen LogP contribution >= 0.6 is 0 Å². The summed E-state index contributed by atoms with van der Waals surface area (Å²) in [5.74, 6) is 1.71. The van der Waals surface area contributed by atoms with Gasteiger partial charge >= 0.3 is 0 Å². The van der Waals surface area contributed by atoms with Gasteiger partial charge in [-0.05, 0) is 31.9 Å². The predicted octanol–water partition coefficient (Wildman–Crippen LogP) is 4.13. The van der Waals surface area contributed by atoms with Crippen LogP contribution in [-0.4, -0.2) is 13.2 Å². The van der Waals surface area contributed by atoms with Crippen LogP contribution in [0.3, 0.4) is 0 Å². The zero-order chi connectivity index (χ0) is 12.5. The number of benzene rings is 1. The van der Waals surface area contributed by atoms with Gasteiger partial charge in [0, 0.05) is 0 Å². The fraction of sp³-hybridized carbons (Fsp3) is 0.467. The van der Waals surface area contributed by atoms with Crippen LogP contribution in [0.25, 0.3) is 0 Å². The highest BCUT2D eigenvalue weighted by Gasteiger charge is 2.07. The fourth-order valence-corrected chi connectivity index (χ4v) is 1.48. The van der Waals surface area contributed by atoms with Gasteiger partial charge in [-0.15, -0.1) is 0 Å². The summed E-state index contributed by atoms with van der Waals surface area (Å²) in [6.07, 6.45) is 6.18. The number of unbranched alkanes of at least 4 members (excludes halogenated alkanes) is 1. The maximum atomic E-state index is 5.74. The molecule has 0 heterocycles. The first-order valence-electron chi connectivity index (χ1n) is 6.26. The second kappa shape index (κ2) is 7.77. The molecule has 94 valence electrons. The molecule has 0 amide bonds. The van der Waals surface area contributed by atoms with Crippen molar-refractivity contribution >= 4 is 0 Å². The molecule has 0 spiro atoms. The Morgan fingerprint density at radius 1 is 1.24 bits per heavy atom. The Bertz CT molecular complexity index is 356. The molecule has 1 aromatic rings. The Hall–Kier alpha value is -1.44. The molecule has 0 fully saturated rings. The van der Waals surface area contributed by atoms with E-state index in [1.54, 1.807) is 0 Å². The molecule has 0 unspecified atom stereocenters. The number of ether oxygens (including phenoxy) is 2. The van der Waals surface area contributed by atoms with Crippen molar-refractivity contribution in [3.63, 3.8) is 0 Å². The number of allylic oxidation sites excluding steroid dienone is 1. The third kappa shape index (κ3) is 4.51. The van der Waals surface area contributed by atoms with E-state index in [2.05, 4.69) is 6.92 Å². The van der Waals surface area contributed by atoms with E-state index in [1.807, 2.05) is 44.2 Å². The highest BCUT2D eigenvalue weighted by Crippen LogP contribution is 2.30. The van der Waals surface area contributed by atoms with E-state index in [0.717, 1.165) is 36.5 Å². The highest BCUT2D eigenvalue weighted by atomic mass is 16.5. The fourth-order valence-electron chi connectivity index (χ4n) is 1.48. The third-order valence-corrected chi connectivity index (χ3v) is 2.49. The van der Waals surface area contributed by atoms with Crippen LogP contribution in [0.2, 0.25) is 0 Å². The van der Waals surface area contributed by atoms with Gasteiger partial charge in [-0.2, -0.15) is 0 Å². The summed E-state index contributed by atoms with van der Waals surface area (Å²) in [7, 11) is 0. The Morgan fingerprint density at radius 3 is 2.76 bits per heavy atom. The summed E-state index contributed by atoms with van der Waals surface area (Å²) in [6, 6.07) is 6.00. The van der Waals surface area contributed by atoms with Gasteiger partial charge in [0.25, 0.3) is 0 Å². The molecular weight excluding hydrogens is 212 g/mol. The molecule has 0 N–H and O–H groups in total. The molecule has 2 heteroatoms. The van der Waals surface area contributed by atoms with Crippen LogP contribution in [0.15, 0.2) is 30.4 Å². The Balaban J connectivity index is 2.69. The normalized spacial score (nSPS) is 10.8. The minimum atomic E-state index is 0.589. The zero-order valence-electron chi connectivity index (χ0n) is 11.0. The van der Waals surface area contributed by atoms with E-state index in [4.69, 9.17) is 9.47 Å². The highest BCUT2D eigenvalue weighted by molar-refractivity contribution is 5.46. The lowest BCUT2D eigenvalue weighted by Gasteiger charge is -2.13. The molecule has 0 aromatic heterocycles. The number of hydrogen-bond donors (Lipinski definition) is 0. The average Bonchev–Trinajstić information content (AvgIpc) is 2.33. The zero-order valence-corrected chi connectivity index (χ0v) is 11.0. The molecule has 0 atom stereocenters. The number of para-hydroxylation sites is 1. The van der Waals surface area contributed by atoms with E-state index < -0.39 is 0 Å². The van der Waals surface area contributed by atoms with Crippen molar-refractivity contribution in [2.75, 3.05) is 13.2 Å². The monoisotopic (exact) mass is 234 g/mol. The van der Waals surface area contributed by atoms with Crippen molar-refractivity contribution in [1.29, 1.82) is 0 Å². The average molecular weight is 234 g/mol. The molecule has 0 radical (unpaired) electrons. The summed E-state index contributed by atoms with van der Waals surface area (Å²) in [4.78, 5) is 0. The number of hydrogen-bond acceptors (Lipinski definition) is 2. The van der Waals surface area contributed by atoms with Crippen molar-refractivity contribution in [2.24, 2.45) is 0 Å². The molecule has 2 nitrogen and oxygen atoms in total. The summed E-state index contributed by atoms with van der Waals surface area (Å²) in [6.45, 7) is 7.52. The van der Waals surface area contributed by atoms with Gasteiger partial charge in [0.2, 0.25) is 0 Å². The maximum absolute atomic E-state index is 5.74. The van der Waals surface area contributed by atoms with E-state index in [0.29, 0.717) is 6.61 Å². The third-order valence-electron chi connectivity index (χ3n) is 2.49. The molecular formula is C15H22O2. The van der Waals surface area contributed by atoms with Gasteiger partial charge in [0.1, 0.15) is 6.61 Å². The predicted molar refractivity (Wildman–Crippen MR) is 71.9 cm³/mol. The van der Waals surface area contributed by atoms with Crippen LogP contribution < -0.4 is 9.47 Å².